The fraction of sp³-hybridized carbons (Fsp3) is 0.464. The molecule has 5 fully saturated rings. The molecule has 1 saturated heterocycles. The van der Waals surface area contributed by atoms with Gasteiger partial charge in [0.25, 0.3) is 5.91 Å². The standard InChI is InChI=1S/C28H29ClN2O3/c29-22-6-8-23(9-7-22)31-25(32)13-24(26(31)33)30(17-18-4-2-1-3-5-18)27(34)28-14-19-10-20(15-28)12-21(11-19)16-28/h1-9,19-21,24H,10-17H2. The van der Waals surface area contributed by atoms with Gasteiger partial charge in [-0.05, 0) is 86.1 Å². The maximum atomic E-state index is 14.4. The molecule has 0 aromatic heterocycles. The normalized spacial score (nSPS) is 31.9. The average Bonchev–Trinajstić information content (AvgIpc) is 3.11. The molecule has 5 aliphatic rings. The molecule has 7 rings (SSSR count). The van der Waals surface area contributed by atoms with E-state index in [1.54, 1.807) is 29.2 Å². The Labute approximate surface area is 205 Å². The Morgan fingerprint density at radius 1 is 0.912 bits per heavy atom. The Balaban J connectivity index is 1.34. The van der Waals surface area contributed by atoms with Crippen LogP contribution in [0.5, 0.6) is 0 Å². The first kappa shape index (κ1) is 21.8. The highest BCUT2D eigenvalue weighted by molar-refractivity contribution is 6.30. The molecule has 4 saturated carbocycles. The molecule has 0 N–H and O–H groups in total. The third-order valence-electron chi connectivity index (χ3n) is 8.53. The van der Waals surface area contributed by atoms with Gasteiger partial charge in [-0.15, -0.1) is 0 Å². The molecule has 176 valence electrons. The number of carbonyl (C=O) groups is 3. The van der Waals surface area contributed by atoms with Crippen LogP contribution in [-0.2, 0) is 20.9 Å². The number of nitrogens with zero attached hydrogens (tertiary/aromatic N) is 2. The lowest BCUT2D eigenvalue weighted by atomic mass is 9.49. The summed E-state index contributed by atoms with van der Waals surface area (Å²) in [7, 11) is 0. The van der Waals surface area contributed by atoms with E-state index in [2.05, 4.69) is 0 Å². The van der Waals surface area contributed by atoms with Gasteiger partial charge in [0.15, 0.2) is 0 Å². The number of benzene rings is 2. The topological polar surface area (TPSA) is 57.7 Å². The molecule has 1 unspecified atom stereocenters. The van der Waals surface area contributed by atoms with E-state index in [1.807, 2.05) is 30.3 Å². The quantitative estimate of drug-likeness (QED) is 0.556. The number of amides is 3. The highest BCUT2D eigenvalue weighted by Crippen LogP contribution is 2.60. The molecular weight excluding hydrogens is 448 g/mol. The average molecular weight is 477 g/mol. The molecule has 34 heavy (non-hydrogen) atoms. The Hall–Kier alpha value is -2.66. The van der Waals surface area contributed by atoms with Gasteiger partial charge in [-0.3, -0.25) is 14.4 Å². The second-order valence-corrected chi connectivity index (χ2v) is 11.3. The summed E-state index contributed by atoms with van der Waals surface area (Å²) >= 11 is 6.01. The summed E-state index contributed by atoms with van der Waals surface area (Å²) in [5.74, 6) is 1.37. The van der Waals surface area contributed by atoms with Gasteiger partial charge in [-0.1, -0.05) is 41.9 Å². The van der Waals surface area contributed by atoms with Crippen molar-refractivity contribution < 1.29 is 14.4 Å². The SMILES string of the molecule is O=C1CC(N(Cc2ccccc2)C(=O)C23CC4CC(CC(C4)C2)C3)C(=O)N1c1ccc(Cl)cc1. The van der Waals surface area contributed by atoms with Crippen LogP contribution in [0.3, 0.4) is 0 Å². The molecule has 4 aliphatic carbocycles. The lowest BCUT2D eigenvalue weighted by Gasteiger charge is -2.57. The molecule has 5 nitrogen and oxygen atoms in total. The second-order valence-electron chi connectivity index (χ2n) is 10.9. The van der Waals surface area contributed by atoms with Crippen molar-refractivity contribution in [1.82, 2.24) is 4.90 Å². The van der Waals surface area contributed by atoms with E-state index in [0.29, 0.717) is 35.0 Å². The number of rotatable bonds is 5. The molecule has 6 heteroatoms. The summed E-state index contributed by atoms with van der Waals surface area (Å²) < 4.78 is 0. The van der Waals surface area contributed by atoms with Crippen LogP contribution in [0.15, 0.2) is 54.6 Å². The van der Waals surface area contributed by atoms with Gasteiger partial charge in [0.05, 0.1) is 17.5 Å². The largest absolute Gasteiger partial charge is 0.325 e. The van der Waals surface area contributed by atoms with Crippen molar-refractivity contribution in [3.8, 4) is 0 Å². The number of anilines is 1. The zero-order valence-corrected chi connectivity index (χ0v) is 19.9. The van der Waals surface area contributed by atoms with Crippen LogP contribution in [0.1, 0.15) is 50.5 Å². The lowest BCUT2D eigenvalue weighted by molar-refractivity contribution is -0.162. The predicted molar refractivity (Wildman–Crippen MR) is 130 cm³/mol. The number of hydrogen-bond donors (Lipinski definition) is 0. The number of hydrogen-bond acceptors (Lipinski definition) is 3. The van der Waals surface area contributed by atoms with Crippen LogP contribution in [0.4, 0.5) is 5.69 Å². The highest BCUT2D eigenvalue weighted by atomic mass is 35.5. The molecule has 3 amide bonds. The maximum absolute atomic E-state index is 14.4. The van der Waals surface area contributed by atoms with Crippen molar-refractivity contribution in [2.45, 2.75) is 57.5 Å². The first-order chi connectivity index (χ1) is 16.4. The second kappa shape index (κ2) is 8.23. The van der Waals surface area contributed by atoms with Crippen molar-refractivity contribution in [3.05, 3.63) is 65.2 Å². The molecule has 4 bridgehead atoms. The van der Waals surface area contributed by atoms with Gasteiger partial charge < -0.3 is 4.90 Å². The molecule has 1 heterocycles. The van der Waals surface area contributed by atoms with Gasteiger partial charge in [0.2, 0.25) is 11.8 Å². The minimum Gasteiger partial charge on any atom is -0.325 e. The van der Waals surface area contributed by atoms with E-state index in [1.165, 1.54) is 24.2 Å². The number of carbonyl (C=O) groups excluding carboxylic acids is 3. The molecule has 1 aliphatic heterocycles. The van der Waals surface area contributed by atoms with Crippen molar-refractivity contribution in [2.24, 2.45) is 23.2 Å². The Bertz CT molecular complexity index is 1090. The van der Waals surface area contributed by atoms with Gasteiger partial charge >= 0.3 is 0 Å². The summed E-state index contributed by atoms with van der Waals surface area (Å²) in [6.45, 7) is 0.347. The Kier molecular flexibility index (Phi) is 5.29. The molecule has 0 spiro atoms. The van der Waals surface area contributed by atoms with Gasteiger partial charge in [-0.2, -0.15) is 0 Å². The molecule has 2 aromatic carbocycles. The van der Waals surface area contributed by atoms with Crippen LogP contribution in [0.2, 0.25) is 5.02 Å². The van der Waals surface area contributed by atoms with Crippen LogP contribution in [0.25, 0.3) is 0 Å². The van der Waals surface area contributed by atoms with Crippen LogP contribution >= 0.6 is 11.6 Å². The maximum Gasteiger partial charge on any atom is 0.257 e. The van der Waals surface area contributed by atoms with E-state index >= 15 is 0 Å². The van der Waals surface area contributed by atoms with Gasteiger partial charge in [0, 0.05) is 11.6 Å². The third kappa shape index (κ3) is 3.65. The summed E-state index contributed by atoms with van der Waals surface area (Å²) in [4.78, 5) is 44.0. The molecule has 1 atom stereocenters. The van der Waals surface area contributed by atoms with Crippen molar-refractivity contribution in [2.75, 3.05) is 4.90 Å². The Morgan fingerprint density at radius 3 is 2.09 bits per heavy atom. The predicted octanol–water partition coefficient (Wildman–Crippen LogP) is 5.22. The van der Waals surface area contributed by atoms with Gasteiger partial charge in [0.1, 0.15) is 6.04 Å². The van der Waals surface area contributed by atoms with Crippen molar-refractivity contribution in [1.29, 1.82) is 0 Å². The van der Waals surface area contributed by atoms with E-state index in [4.69, 9.17) is 11.6 Å². The highest BCUT2D eigenvalue weighted by Gasteiger charge is 2.57. The molecule has 2 aromatic rings. The van der Waals surface area contributed by atoms with Crippen LogP contribution in [-0.4, -0.2) is 28.7 Å². The monoisotopic (exact) mass is 476 g/mol. The van der Waals surface area contributed by atoms with E-state index in [9.17, 15) is 14.4 Å². The smallest absolute Gasteiger partial charge is 0.257 e. The Morgan fingerprint density at radius 2 is 1.50 bits per heavy atom. The molecule has 0 radical (unpaired) electrons. The third-order valence-corrected chi connectivity index (χ3v) is 8.78. The zero-order valence-electron chi connectivity index (χ0n) is 19.2. The minimum atomic E-state index is -0.774. The first-order valence-electron chi connectivity index (χ1n) is 12.4. The van der Waals surface area contributed by atoms with E-state index < -0.39 is 6.04 Å². The van der Waals surface area contributed by atoms with E-state index in [0.717, 1.165) is 24.8 Å². The van der Waals surface area contributed by atoms with Crippen LogP contribution < -0.4 is 4.90 Å². The van der Waals surface area contributed by atoms with Crippen LogP contribution in [0, 0.1) is 23.2 Å². The lowest BCUT2D eigenvalue weighted by Crippen LogP contribution is -2.57. The van der Waals surface area contributed by atoms with E-state index in [-0.39, 0.29) is 29.6 Å². The fourth-order valence-corrected chi connectivity index (χ4v) is 7.63. The summed E-state index contributed by atoms with van der Waals surface area (Å²) in [5, 5.41) is 0.544. The molecular formula is C28H29ClN2O3. The number of imide groups is 1. The van der Waals surface area contributed by atoms with Gasteiger partial charge in [-0.25, -0.2) is 4.90 Å². The van der Waals surface area contributed by atoms with Crippen molar-refractivity contribution in [3.63, 3.8) is 0 Å². The number of halogens is 1. The fourth-order valence-electron chi connectivity index (χ4n) is 7.50. The zero-order chi connectivity index (χ0) is 23.4. The summed E-state index contributed by atoms with van der Waals surface area (Å²) in [6, 6.07) is 15.8. The summed E-state index contributed by atoms with van der Waals surface area (Å²) in [6.07, 6.45) is 6.55. The summed E-state index contributed by atoms with van der Waals surface area (Å²) in [5.41, 5.74) is 1.11. The van der Waals surface area contributed by atoms with Crippen molar-refractivity contribution >= 4 is 35.0 Å². The minimum absolute atomic E-state index is 0.0202. The first-order valence-corrected chi connectivity index (χ1v) is 12.8.